The lowest BCUT2D eigenvalue weighted by molar-refractivity contribution is -0.301. The first-order valence-corrected chi connectivity index (χ1v) is 31.6. The Morgan fingerprint density at radius 2 is 0.797 bits per heavy atom. The minimum absolute atomic E-state index is 0.00407. The Bertz CT molecular complexity index is 1700. The highest BCUT2D eigenvalue weighted by molar-refractivity contribution is 5.74. The van der Waals surface area contributed by atoms with Crippen LogP contribution in [0.1, 0.15) is 265 Å². The van der Waals surface area contributed by atoms with E-state index in [1.807, 2.05) is 0 Å². The van der Waals surface area contributed by atoms with Gasteiger partial charge >= 0.3 is 23.9 Å². The number of rotatable bonds is 53. The number of carboxylic acid groups (broad SMARTS) is 1. The van der Waals surface area contributed by atoms with E-state index >= 15 is 0 Å². The molecule has 0 bridgehead atoms. The van der Waals surface area contributed by atoms with Crippen LogP contribution in [0.5, 0.6) is 0 Å². The summed E-state index contributed by atoms with van der Waals surface area (Å²) in [6, 6.07) is 0. The summed E-state index contributed by atoms with van der Waals surface area (Å²) < 4.78 is 28.4. The first kappa shape index (κ1) is 72.9. The third-order valence-corrected chi connectivity index (χ3v) is 14.0. The number of carbonyl (C=O) groups excluding carboxylic acids is 3. The summed E-state index contributed by atoms with van der Waals surface area (Å²) in [5, 5.41) is 31.5. The van der Waals surface area contributed by atoms with Crippen molar-refractivity contribution < 1.29 is 58.2 Å². The first-order valence-electron chi connectivity index (χ1n) is 31.6. The van der Waals surface area contributed by atoms with Crippen molar-refractivity contribution >= 4 is 23.9 Å². The molecule has 1 saturated heterocycles. The number of carbonyl (C=O) groups is 4. The summed E-state index contributed by atoms with van der Waals surface area (Å²) in [4.78, 5) is 51.2. The molecule has 12 heteroatoms. The average Bonchev–Trinajstić information content (AvgIpc) is 3.44. The molecule has 452 valence electrons. The molecule has 6 atom stereocenters. The molecule has 0 aromatic rings. The predicted molar refractivity (Wildman–Crippen MR) is 321 cm³/mol. The van der Waals surface area contributed by atoms with E-state index in [-0.39, 0.29) is 25.9 Å². The van der Waals surface area contributed by atoms with Crippen LogP contribution in [0.4, 0.5) is 0 Å². The highest BCUT2D eigenvalue weighted by Gasteiger charge is 2.50. The molecule has 1 aliphatic heterocycles. The Morgan fingerprint density at radius 3 is 1.24 bits per heavy atom. The maximum Gasteiger partial charge on any atom is 0.335 e. The van der Waals surface area contributed by atoms with Crippen LogP contribution in [0.15, 0.2) is 85.1 Å². The number of hydrogen-bond donors (Lipinski definition) is 3. The molecule has 79 heavy (non-hydrogen) atoms. The molecule has 3 N–H and O–H groups in total. The zero-order valence-corrected chi connectivity index (χ0v) is 49.8. The van der Waals surface area contributed by atoms with Crippen LogP contribution in [-0.2, 0) is 42.9 Å². The van der Waals surface area contributed by atoms with Gasteiger partial charge in [0.25, 0.3) is 0 Å². The molecule has 0 radical (unpaired) electrons. The second-order valence-corrected chi connectivity index (χ2v) is 21.3. The number of esters is 3. The van der Waals surface area contributed by atoms with Gasteiger partial charge in [-0.05, 0) is 89.9 Å². The second-order valence-electron chi connectivity index (χ2n) is 21.3. The van der Waals surface area contributed by atoms with E-state index in [4.69, 9.17) is 23.7 Å². The lowest BCUT2D eigenvalue weighted by Crippen LogP contribution is -2.61. The van der Waals surface area contributed by atoms with Crippen LogP contribution in [-0.4, -0.2) is 89.2 Å². The monoisotopic (exact) mass is 1110 g/mol. The molecule has 0 spiro atoms. The smallest absolute Gasteiger partial charge is 0.335 e. The number of hydrogen-bond acceptors (Lipinski definition) is 11. The molecule has 1 aliphatic rings. The predicted octanol–water partition coefficient (Wildman–Crippen LogP) is 16.7. The van der Waals surface area contributed by atoms with Gasteiger partial charge in [-0.2, -0.15) is 0 Å². The number of ether oxygens (including phenoxy) is 5. The molecule has 1 fully saturated rings. The van der Waals surface area contributed by atoms with Crippen LogP contribution < -0.4 is 0 Å². The van der Waals surface area contributed by atoms with Crippen LogP contribution in [0.2, 0.25) is 0 Å². The number of carboxylic acids is 1. The zero-order valence-electron chi connectivity index (χ0n) is 49.8. The minimum Gasteiger partial charge on any atom is -0.479 e. The van der Waals surface area contributed by atoms with E-state index in [1.54, 1.807) is 0 Å². The molecule has 0 aromatic heterocycles. The van der Waals surface area contributed by atoms with Crippen LogP contribution in [0.25, 0.3) is 0 Å². The quantitative estimate of drug-likeness (QED) is 0.0228. The summed E-state index contributed by atoms with van der Waals surface area (Å²) in [7, 11) is 0. The summed E-state index contributed by atoms with van der Waals surface area (Å²) in [6.45, 7) is 5.76. The number of aliphatic carboxylic acids is 1. The largest absolute Gasteiger partial charge is 0.479 e. The van der Waals surface area contributed by atoms with E-state index in [2.05, 4.69) is 106 Å². The Hall–Kier alpha value is -4.10. The van der Waals surface area contributed by atoms with E-state index in [0.717, 1.165) is 103 Å². The SMILES string of the molecule is CC/C=C\C/C=C\C/C=C\C/C=C\CCCCC(=O)OC1C(OCC(COC(=O)CCCCCCCCCCCCCCCCCCCCC)OC(=O)CCCCCCC/C=C\C/C=C\C/C=C\CC)OC(C(=O)O)C(O)C1O. The summed E-state index contributed by atoms with van der Waals surface area (Å²) in [6.07, 6.45) is 58.4. The fourth-order valence-electron chi connectivity index (χ4n) is 9.20. The van der Waals surface area contributed by atoms with E-state index in [1.165, 1.54) is 96.3 Å². The van der Waals surface area contributed by atoms with Crippen molar-refractivity contribution in [3.05, 3.63) is 85.1 Å². The maximum atomic E-state index is 13.2. The molecule has 0 aliphatic carbocycles. The molecule has 1 heterocycles. The number of allylic oxidation sites excluding steroid dienone is 14. The topological polar surface area (TPSA) is 175 Å². The van der Waals surface area contributed by atoms with Gasteiger partial charge in [-0.1, -0.05) is 241 Å². The van der Waals surface area contributed by atoms with Crippen molar-refractivity contribution in [1.82, 2.24) is 0 Å². The summed E-state index contributed by atoms with van der Waals surface area (Å²) in [5.74, 6) is -3.19. The zero-order chi connectivity index (χ0) is 57.5. The lowest BCUT2D eigenvalue weighted by atomic mass is 9.98. The van der Waals surface area contributed by atoms with Crippen LogP contribution in [0.3, 0.4) is 0 Å². The minimum atomic E-state index is -1.92. The normalized spacial score (nSPS) is 18.4. The van der Waals surface area contributed by atoms with Gasteiger partial charge in [-0.3, -0.25) is 14.4 Å². The van der Waals surface area contributed by atoms with Gasteiger partial charge < -0.3 is 39.0 Å². The van der Waals surface area contributed by atoms with E-state index < -0.39 is 67.3 Å². The molecule has 1 rings (SSSR count). The number of unbranched alkanes of at least 4 members (excludes halogenated alkanes) is 25. The third kappa shape index (κ3) is 44.3. The van der Waals surface area contributed by atoms with Crippen molar-refractivity contribution in [2.75, 3.05) is 13.2 Å². The fourth-order valence-corrected chi connectivity index (χ4v) is 9.20. The van der Waals surface area contributed by atoms with Gasteiger partial charge in [-0.25, -0.2) is 4.79 Å². The number of aliphatic hydroxyl groups is 2. The molecule has 0 saturated carbocycles. The van der Waals surface area contributed by atoms with Crippen molar-refractivity contribution in [3.8, 4) is 0 Å². The van der Waals surface area contributed by atoms with Gasteiger partial charge in [0.05, 0.1) is 6.61 Å². The first-order chi connectivity index (χ1) is 38.6. The summed E-state index contributed by atoms with van der Waals surface area (Å²) in [5.41, 5.74) is 0. The van der Waals surface area contributed by atoms with Crippen molar-refractivity contribution in [2.45, 2.75) is 302 Å². The van der Waals surface area contributed by atoms with Crippen molar-refractivity contribution in [1.29, 1.82) is 0 Å². The van der Waals surface area contributed by atoms with Crippen molar-refractivity contribution in [3.63, 3.8) is 0 Å². The van der Waals surface area contributed by atoms with Crippen molar-refractivity contribution in [2.24, 2.45) is 0 Å². The van der Waals surface area contributed by atoms with Gasteiger partial charge in [0.1, 0.15) is 18.8 Å². The third-order valence-electron chi connectivity index (χ3n) is 14.0. The van der Waals surface area contributed by atoms with Crippen LogP contribution >= 0.6 is 0 Å². The standard InChI is InChI=1S/C67H112O12/c1-4-7-10-13-16-19-22-25-28-29-30-31-34-35-38-41-44-47-50-53-59(68)75-56-58(77-60(69)54-51-48-45-42-39-36-32-26-23-20-17-14-11-8-5-2)57-76-67-65(63(72)62(71)64(79-67)66(73)74)78-61(70)55-52-49-46-43-40-37-33-27-24-21-18-15-12-9-6-3/h8-9,11-12,17-18,20-21,26-27,32-33,40,43,58,62-65,67,71-72H,4-7,10,13-16,19,22-25,28-31,34-39,41-42,44-57H2,1-3H3,(H,73,74)/b11-8-,12-9-,20-17-,21-18-,32-26-,33-27-,43-40-. The molecule has 6 unspecified atom stereocenters. The molecule has 0 amide bonds. The van der Waals surface area contributed by atoms with Crippen LogP contribution in [0, 0.1) is 0 Å². The fraction of sp³-hybridized carbons (Fsp3) is 0.731. The van der Waals surface area contributed by atoms with Gasteiger partial charge in [0.2, 0.25) is 0 Å². The van der Waals surface area contributed by atoms with E-state index in [9.17, 15) is 34.5 Å². The highest BCUT2D eigenvalue weighted by atomic mass is 16.7. The van der Waals surface area contributed by atoms with Gasteiger partial charge in [-0.15, -0.1) is 0 Å². The molecule has 12 nitrogen and oxygen atoms in total. The average molecular weight is 1110 g/mol. The Kier molecular flexibility index (Phi) is 50.3. The van der Waals surface area contributed by atoms with Gasteiger partial charge in [0, 0.05) is 19.3 Å². The Labute approximate surface area is 480 Å². The van der Waals surface area contributed by atoms with E-state index in [0.29, 0.717) is 25.7 Å². The molecular weight excluding hydrogens is 997 g/mol. The second kappa shape index (κ2) is 54.5. The maximum absolute atomic E-state index is 13.2. The van der Waals surface area contributed by atoms with Gasteiger partial charge in [0.15, 0.2) is 24.6 Å². The Balaban J connectivity index is 2.68. The highest BCUT2D eigenvalue weighted by Crippen LogP contribution is 2.26. The molecule has 0 aromatic carbocycles. The Morgan fingerprint density at radius 1 is 0.430 bits per heavy atom. The number of aliphatic hydroxyl groups excluding tert-OH is 2. The molecular formula is C67H112O12. The summed E-state index contributed by atoms with van der Waals surface area (Å²) >= 11 is 0. The lowest BCUT2D eigenvalue weighted by Gasteiger charge is -2.40.